The molecule has 4 nitrogen and oxygen atoms in total. The van der Waals surface area contributed by atoms with Crippen LogP contribution in [0.1, 0.15) is 37.7 Å². The molecule has 0 aliphatic heterocycles. The van der Waals surface area contributed by atoms with Crippen LogP contribution in [0, 0.1) is 20.8 Å². The molecule has 1 N–H and O–H groups in total. The number of rotatable bonds is 6. The summed E-state index contributed by atoms with van der Waals surface area (Å²) in [6, 6.07) is 9.74. The van der Waals surface area contributed by atoms with Gasteiger partial charge in [0.25, 0.3) is 5.91 Å². The largest absolute Gasteiger partial charge is 0.488 e. The van der Waals surface area contributed by atoms with E-state index in [1.807, 2.05) is 17.5 Å². The summed E-state index contributed by atoms with van der Waals surface area (Å²) in [5, 5.41) is 4.81. The number of carbonyl (C=O) groups excluding carboxylic acids is 1. The van der Waals surface area contributed by atoms with Crippen LogP contribution in [0.2, 0.25) is 0 Å². The molecule has 0 aliphatic rings. The van der Waals surface area contributed by atoms with Crippen LogP contribution in [0.3, 0.4) is 0 Å². The van der Waals surface area contributed by atoms with Crippen LogP contribution >= 0.6 is 11.3 Å². The molecule has 5 heteroatoms. The van der Waals surface area contributed by atoms with Crippen molar-refractivity contribution in [2.45, 2.75) is 33.9 Å². The lowest BCUT2D eigenvalue weighted by atomic mass is 10.1. The molecule has 0 saturated heterocycles. The quantitative estimate of drug-likeness (QED) is 0.692. The summed E-state index contributed by atoms with van der Waals surface area (Å²) in [4.78, 5) is 12.9. The van der Waals surface area contributed by atoms with Gasteiger partial charge in [0, 0.05) is 5.56 Å². The molecule has 0 atom stereocenters. The molecule has 0 aliphatic carbocycles. The first-order chi connectivity index (χ1) is 12.0. The van der Waals surface area contributed by atoms with Crippen molar-refractivity contribution in [1.29, 1.82) is 0 Å². The van der Waals surface area contributed by atoms with Crippen LogP contribution in [0.4, 0.5) is 0 Å². The third kappa shape index (κ3) is 4.31. The zero-order chi connectivity index (χ0) is 17.8. The van der Waals surface area contributed by atoms with Crippen molar-refractivity contribution < 1.29 is 13.9 Å². The molecule has 0 fully saturated rings. The highest BCUT2D eigenvalue weighted by Gasteiger charge is 2.11. The van der Waals surface area contributed by atoms with Crippen LogP contribution in [0.5, 0.6) is 5.75 Å². The molecule has 2 aromatic heterocycles. The van der Waals surface area contributed by atoms with Gasteiger partial charge in [-0.3, -0.25) is 4.79 Å². The molecular weight excluding hydrogens is 334 g/mol. The highest BCUT2D eigenvalue weighted by molar-refractivity contribution is 7.12. The van der Waals surface area contributed by atoms with Crippen molar-refractivity contribution in [1.82, 2.24) is 5.32 Å². The number of benzene rings is 1. The van der Waals surface area contributed by atoms with E-state index in [2.05, 4.69) is 38.2 Å². The molecule has 3 aromatic rings. The Kier molecular flexibility index (Phi) is 5.24. The van der Waals surface area contributed by atoms with E-state index >= 15 is 0 Å². The molecule has 0 unspecified atom stereocenters. The summed E-state index contributed by atoms with van der Waals surface area (Å²) in [5.41, 5.74) is 4.48. The Morgan fingerprint density at radius 2 is 1.96 bits per heavy atom. The van der Waals surface area contributed by atoms with Gasteiger partial charge in [-0.1, -0.05) is 17.7 Å². The predicted molar refractivity (Wildman–Crippen MR) is 99.2 cm³/mol. The van der Waals surface area contributed by atoms with Gasteiger partial charge >= 0.3 is 0 Å². The Bertz CT molecular complexity index is 842. The number of ether oxygens (including phenoxy) is 1. The predicted octanol–water partition coefficient (Wildman–Crippen LogP) is 4.78. The molecule has 130 valence electrons. The number of amides is 1. The Hall–Kier alpha value is -2.53. The maximum absolute atomic E-state index is 12.2. The third-order valence-electron chi connectivity index (χ3n) is 3.87. The first-order valence-electron chi connectivity index (χ1n) is 8.11. The van der Waals surface area contributed by atoms with Gasteiger partial charge in [0.15, 0.2) is 0 Å². The Balaban J connectivity index is 1.59. The van der Waals surface area contributed by atoms with E-state index in [1.54, 1.807) is 12.3 Å². The minimum absolute atomic E-state index is 0.102. The van der Waals surface area contributed by atoms with Gasteiger partial charge in [-0.2, -0.15) is 0 Å². The lowest BCUT2D eigenvalue weighted by Crippen LogP contribution is -2.21. The fourth-order valence-corrected chi connectivity index (χ4v) is 3.60. The Labute approximate surface area is 151 Å². The fraction of sp³-hybridized carbons (Fsp3) is 0.250. The summed E-state index contributed by atoms with van der Waals surface area (Å²) in [6.45, 7) is 7.02. The number of thiophene rings is 1. The minimum atomic E-state index is -0.102. The van der Waals surface area contributed by atoms with Gasteiger partial charge in [0.05, 0.1) is 17.7 Å². The number of carbonyl (C=O) groups is 1. The van der Waals surface area contributed by atoms with Gasteiger partial charge in [-0.25, -0.2) is 0 Å². The van der Waals surface area contributed by atoms with Crippen molar-refractivity contribution in [2.75, 3.05) is 0 Å². The number of hydrogen-bond donors (Lipinski definition) is 1. The number of nitrogens with one attached hydrogen (secondary N) is 1. The SMILES string of the molecule is Cc1cc(C)c(OCc2csc(C(=O)NCc3ccco3)c2)c(C)c1. The second kappa shape index (κ2) is 7.57. The van der Waals surface area contributed by atoms with Crippen molar-refractivity contribution in [3.63, 3.8) is 0 Å². The highest BCUT2D eigenvalue weighted by atomic mass is 32.1. The van der Waals surface area contributed by atoms with E-state index in [0.29, 0.717) is 18.0 Å². The molecule has 0 saturated carbocycles. The zero-order valence-electron chi connectivity index (χ0n) is 14.6. The average molecular weight is 355 g/mol. The summed E-state index contributed by atoms with van der Waals surface area (Å²) in [5.74, 6) is 1.55. The van der Waals surface area contributed by atoms with Crippen molar-refractivity contribution in [3.05, 3.63) is 74.9 Å². The van der Waals surface area contributed by atoms with E-state index in [-0.39, 0.29) is 5.91 Å². The number of furan rings is 1. The topological polar surface area (TPSA) is 51.5 Å². The van der Waals surface area contributed by atoms with Gasteiger partial charge < -0.3 is 14.5 Å². The molecule has 3 rings (SSSR count). The van der Waals surface area contributed by atoms with E-state index in [4.69, 9.17) is 9.15 Å². The van der Waals surface area contributed by atoms with Gasteiger partial charge in [0.2, 0.25) is 0 Å². The normalized spacial score (nSPS) is 10.7. The second-order valence-electron chi connectivity index (χ2n) is 6.10. The van der Waals surface area contributed by atoms with Crippen LogP contribution in [0.25, 0.3) is 0 Å². The fourth-order valence-electron chi connectivity index (χ4n) is 2.79. The van der Waals surface area contributed by atoms with Crippen molar-refractivity contribution in [3.8, 4) is 5.75 Å². The highest BCUT2D eigenvalue weighted by Crippen LogP contribution is 2.26. The smallest absolute Gasteiger partial charge is 0.261 e. The maximum atomic E-state index is 12.2. The van der Waals surface area contributed by atoms with E-state index in [9.17, 15) is 4.79 Å². The standard InChI is InChI=1S/C20H21NO3S/c1-13-7-14(2)19(15(3)8-13)24-11-16-9-18(25-12-16)20(22)21-10-17-5-4-6-23-17/h4-9,12H,10-11H2,1-3H3,(H,21,22). The molecule has 1 aromatic carbocycles. The summed E-state index contributed by atoms with van der Waals surface area (Å²) in [7, 11) is 0. The van der Waals surface area contributed by atoms with Crippen LogP contribution < -0.4 is 10.1 Å². The van der Waals surface area contributed by atoms with Gasteiger partial charge in [-0.05, 0) is 55.5 Å². The van der Waals surface area contributed by atoms with Crippen molar-refractivity contribution >= 4 is 17.2 Å². The van der Waals surface area contributed by atoms with Crippen molar-refractivity contribution in [2.24, 2.45) is 0 Å². The molecular formula is C20H21NO3S. The van der Waals surface area contributed by atoms with E-state index in [1.165, 1.54) is 16.9 Å². The lowest BCUT2D eigenvalue weighted by Gasteiger charge is -2.12. The molecule has 25 heavy (non-hydrogen) atoms. The second-order valence-corrected chi connectivity index (χ2v) is 7.01. The van der Waals surface area contributed by atoms with E-state index in [0.717, 1.165) is 28.2 Å². The van der Waals surface area contributed by atoms with E-state index < -0.39 is 0 Å². The first kappa shape index (κ1) is 17.3. The molecule has 2 heterocycles. The zero-order valence-corrected chi connectivity index (χ0v) is 15.4. The summed E-state index contributed by atoms with van der Waals surface area (Å²) >= 11 is 1.42. The molecule has 1 amide bonds. The third-order valence-corrected chi connectivity index (χ3v) is 4.85. The summed E-state index contributed by atoms with van der Waals surface area (Å²) in [6.07, 6.45) is 1.59. The lowest BCUT2D eigenvalue weighted by molar-refractivity contribution is 0.0952. The number of hydrogen-bond acceptors (Lipinski definition) is 4. The average Bonchev–Trinajstić information content (AvgIpc) is 3.23. The Morgan fingerprint density at radius 1 is 1.20 bits per heavy atom. The minimum Gasteiger partial charge on any atom is -0.488 e. The first-order valence-corrected chi connectivity index (χ1v) is 8.99. The molecule has 0 radical (unpaired) electrons. The molecule has 0 bridgehead atoms. The number of aryl methyl sites for hydroxylation is 3. The monoisotopic (exact) mass is 355 g/mol. The van der Waals surface area contributed by atoms with Crippen LogP contribution in [-0.2, 0) is 13.2 Å². The summed E-state index contributed by atoms with van der Waals surface area (Å²) < 4.78 is 11.2. The van der Waals surface area contributed by atoms with Crippen LogP contribution in [-0.4, -0.2) is 5.91 Å². The van der Waals surface area contributed by atoms with Crippen LogP contribution in [0.15, 0.2) is 46.4 Å². The maximum Gasteiger partial charge on any atom is 0.261 e. The Morgan fingerprint density at radius 3 is 2.64 bits per heavy atom. The molecule has 0 spiro atoms. The van der Waals surface area contributed by atoms with Gasteiger partial charge in [-0.15, -0.1) is 11.3 Å². The van der Waals surface area contributed by atoms with Gasteiger partial charge in [0.1, 0.15) is 18.1 Å².